The molecule has 0 aliphatic rings. The van der Waals surface area contributed by atoms with Gasteiger partial charge in [0.1, 0.15) is 11.6 Å². The number of halogens is 1. The molecule has 20 heavy (non-hydrogen) atoms. The van der Waals surface area contributed by atoms with Crippen molar-refractivity contribution in [2.75, 3.05) is 5.32 Å². The van der Waals surface area contributed by atoms with Gasteiger partial charge in [0, 0.05) is 10.4 Å². The van der Waals surface area contributed by atoms with Gasteiger partial charge in [0.2, 0.25) is 0 Å². The van der Waals surface area contributed by atoms with Crippen LogP contribution in [0.15, 0.2) is 47.1 Å². The van der Waals surface area contributed by atoms with E-state index in [4.69, 9.17) is 4.42 Å². The Morgan fingerprint density at radius 3 is 2.75 bits per heavy atom. The molecule has 1 N–H and O–H groups in total. The Kier molecular flexibility index (Phi) is 3.52. The van der Waals surface area contributed by atoms with Gasteiger partial charge in [-0.05, 0) is 43.3 Å². The van der Waals surface area contributed by atoms with E-state index in [0.29, 0.717) is 6.54 Å². The Balaban J connectivity index is 1.78. The predicted octanol–water partition coefficient (Wildman–Crippen LogP) is 4.46. The van der Waals surface area contributed by atoms with Gasteiger partial charge in [0.25, 0.3) is 0 Å². The molecule has 3 nitrogen and oxygen atoms in total. The molecule has 3 rings (SSSR count). The number of benzene rings is 1. The van der Waals surface area contributed by atoms with E-state index in [1.165, 1.54) is 12.1 Å². The molecule has 5 heteroatoms. The van der Waals surface area contributed by atoms with Gasteiger partial charge in [-0.25, -0.2) is 9.37 Å². The average molecular weight is 288 g/mol. The lowest BCUT2D eigenvalue weighted by Crippen LogP contribution is -1.97. The first-order valence-corrected chi connectivity index (χ1v) is 7.03. The summed E-state index contributed by atoms with van der Waals surface area (Å²) < 4.78 is 18.2. The number of nitrogens with one attached hydrogen (secondary N) is 1. The fourth-order valence-corrected chi connectivity index (χ4v) is 2.75. The Bertz CT molecular complexity index is 689. The number of nitrogens with zero attached hydrogens (tertiary/aromatic N) is 1. The first-order chi connectivity index (χ1) is 9.72. The lowest BCUT2D eigenvalue weighted by atomic mass is 10.1. The van der Waals surface area contributed by atoms with Crippen LogP contribution in [-0.4, -0.2) is 4.98 Å². The van der Waals surface area contributed by atoms with Crippen LogP contribution in [0.4, 0.5) is 9.52 Å². The average Bonchev–Trinajstić information content (AvgIpc) is 3.07. The summed E-state index contributed by atoms with van der Waals surface area (Å²) in [4.78, 5) is 5.65. The maximum atomic E-state index is 12.9. The third kappa shape index (κ3) is 2.72. The topological polar surface area (TPSA) is 38.1 Å². The van der Waals surface area contributed by atoms with Gasteiger partial charge in [0.05, 0.1) is 18.5 Å². The summed E-state index contributed by atoms with van der Waals surface area (Å²) in [6, 6.07) is 10.2. The second-order valence-corrected chi connectivity index (χ2v) is 5.57. The molecule has 0 radical (unpaired) electrons. The van der Waals surface area contributed by atoms with Crippen molar-refractivity contribution >= 4 is 16.5 Å². The molecule has 0 saturated heterocycles. The second kappa shape index (κ2) is 5.46. The van der Waals surface area contributed by atoms with Gasteiger partial charge in [-0.3, -0.25) is 0 Å². The summed E-state index contributed by atoms with van der Waals surface area (Å²) in [7, 11) is 0. The molecule has 2 aromatic heterocycles. The minimum atomic E-state index is -0.238. The lowest BCUT2D eigenvalue weighted by molar-refractivity contribution is 0.518. The van der Waals surface area contributed by atoms with E-state index in [9.17, 15) is 4.39 Å². The van der Waals surface area contributed by atoms with Crippen molar-refractivity contribution in [1.29, 1.82) is 0 Å². The highest BCUT2D eigenvalue weighted by Crippen LogP contribution is 2.30. The highest BCUT2D eigenvalue weighted by Gasteiger charge is 2.10. The van der Waals surface area contributed by atoms with Crippen LogP contribution in [0.1, 0.15) is 10.6 Å². The molecule has 0 bridgehead atoms. The zero-order chi connectivity index (χ0) is 13.9. The number of thiazole rings is 1. The molecule has 0 fully saturated rings. The van der Waals surface area contributed by atoms with E-state index in [1.807, 2.05) is 19.1 Å². The molecule has 102 valence electrons. The largest absolute Gasteiger partial charge is 0.467 e. The summed E-state index contributed by atoms with van der Waals surface area (Å²) >= 11 is 1.58. The van der Waals surface area contributed by atoms with E-state index in [0.717, 1.165) is 27.0 Å². The molecule has 1 aromatic carbocycles. The van der Waals surface area contributed by atoms with Crippen LogP contribution in [-0.2, 0) is 6.54 Å². The Morgan fingerprint density at radius 1 is 1.25 bits per heavy atom. The third-order valence-electron chi connectivity index (χ3n) is 2.91. The minimum absolute atomic E-state index is 0.238. The number of hydrogen-bond acceptors (Lipinski definition) is 4. The number of anilines is 1. The van der Waals surface area contributed by atoms with Crippen LogP contribution in [0.5, 0.6) is 0 Å². The summed E-state index contributed by atoms with van der Waals surface area (Å²) in [5.41, 5.74) is 1.81. The first kappa shape index (κ1) is 12.9. The Labute approximate surface area is 120 Å². The molecule has 0 saturated carbocycles. The molecular formula is C15H13FN2OS. The fraction of sp³-hybridized carbons (Fsp3) is 0.133. The molecule has 3 aromatic rings. The number of aromatic nitrogens is 1. The van der Waals surface area contributed by atoms with Crippen molar-refractivity contribution in [2.45, 2.75) is 13.5 Å². The number of aryl methyl sites for hydroxylation is 1. The summed E-state index contributed by atoms with van der Waals surface area (Å²) in [6.45, 7) is 2.61. The Hall–Kier alpha value is -2.14. The smallest absolute Gasteiger partial charge is 0.183 e. The zero-order valence-corrected chi connectivity index (χ0v) is 11.7. The van der Waals surface area contributed by atoms with Crippen molar-refractivity contribution < 1.29 is 8.81 Å². The van der Waals surface area contributed by atoms with Gasteiger partial charge in [-0.1, -0.05) is 0 Å². The van der Waals surface area contributed by atoms with E-state index < -0.39 is 0 Å². The molecule has 0 aliphatic heterocycles. The molecule has 2 heterocycles. The fourth-order valence-electron chi connectivity index (χ4n) is 1.92. The van der Waals surface area contributed by atoms with E-state index in [-0.39, 0.29) is 5.82 Å². The van der Waals surface area contributed by atoms with Gasteiger partial charge >= 0.3 is 0 Å². The summed E-state index contributed by atoms with van der Waals surface area (Å²) in [5, 5.41) is 4.06. The second-order valence-electron chi connectivity index (χ2n) is 4.36. The van der Waals surface area contributed by atoms with Crippen LogP contribution < -0.4 is 5.32 Å². The molecule has 0 amide bonds. The van der Waals surface area contributed by atoms with Crippen molar-refractivity contribution in [3.8, 4) is 11.3 Å². The number of rotatable bonds is 4. The Morgan fingerprint density at radius 2 is 2.05 bits per heavy atom. The normalized spacial score (nSPS) is 10.7. The van der Waals surface area contributed by atoms with Crippen molar-refractivity contribution in [2.24, 2.45) is 0 Å². The predicted molar refractivity (Wildman–Crippen MR) is 78.3 cm³/mol. The highest BCUT2D eigenvalue weighted by atomic mass is 32.1. The zero-order valence-electron chi connectivity index (χ0n) is 10.9. The van der Waals surface area contributed by atoms with Crippen molar-refractivity contribution in [1.82, 2.24) is 4.98 Å². The van der Waals surface area contributed by atoms with Crippen molar-refractivity contribution in [3.63, 3.8) is 0 Å². The van der Waals surface area contributed by atoms with Crippen LogP contribution in [0.25, 0.3) is 11.3 Å². The molecule has 0 unspecified atom stereocenters. The minimum Gasteiger partial charge on any atom is -0.467 e. The quantitative estimate of drug-likeness (QED) is 0.770. The van der Waals surface area contributed by atoms with E-state index in [1.54, 1.807) is 29.7 Å². The lowest BCUT2D eigenvalue weighted by Gasteiger charge is -1.99. The van der Waals surface area contributed by atoms with Gasteiger partial charge < -0.3 is 9.73 Å². The first-order valence-electron chi connectivity index (χ1n) is 6.22. The molecule has 0 spiro atoms. The molecule has 0 aliphatic carbocycles. The van der Waals surface area contributed by atoms with E-state index in [2.05, 4.69) is 10.3 Å². The monoisotopic (exact) mass is 288 g/mol. The van der Waals surface area contributed by atoms with Crippen LogP contribution >= 0.6 is 11.3 Å². The molecular weight excluding hydrogens is 275 g/mol. The van der Waals surface area contributed by atoms with Crippen LogP contribution in [0.2, 0.25) is 0 Å². The third-order valence-corrected chi connectivity index (χ3v) is 3.84. The highest BCUT2D eigenvalue weighted by molar-refractivity contribution is 7.15. The van der Waals surface area contributed by atoms with Crippen LogP contribution in [0, 0.1) is 12.7 Å². The maximum absolute atomic E-state index is 12.9. The number of hydrogen-bond donors (Lipinski definition) is 1. The summed E-state index contributed by atoms with van der Waals surface area (Å²) in [5.74, 6) is 0.624. The van der Waals surface area contributed by atoms with Gasteiger partial charge in [-0.2, -0.15) is 0 Å². The van der Waals surface area contributed by atoms with Gasteiger partial charge in [-0.15, -0.1) is 11.3 Å². The maximum Gasteiger partial charge on any atom is 0.183 e. The van der Waals surface area contributed by atoms with Gasteiger partial charge in [0.15, 0.2) is 5.13 Å². The number of furan rings is 1. The summed E-state index contributed by atoms with van der Waals surface area (Å²) in [6.07, 6.45) is 1.65. The van der Waals surface area contributed by atoms with Crippen LogP contribution in [0.3, 0.4) is 0 Å². The SMILES string of the molecule is Cc1sc(NCc2ccco2)nc1-c1ccc(F)cc1. The standard InChI is InChI=1S/C15H13FN2OS/c1-10-14(11-4-6-12(16)7-5-11)18-15(20-10)17-9-13-3-2-8-19-13/h2-8H,9H2,1H3,(H,17,18). The molecule has 0 atom stereocenters. The van der Waals surface area contributed by atoms with E-state index >= 15 is 0 Å². The van der Waals surface area contributed by atoms with Crippen molar-refractivity contribution in [3.05, 3.63) is 59.1 Å².